The maximum atomic E-state index is 11.9. The smallest absolute Gasteiger partial charge is 0.223 e. The summed E-state index contributed by atoms with van der Waals surface area (Å²) in [5, 5.41) is 3.21. The predicted molar refractivity (Wildman–Crippen MR) is 81.7 cm³/mol. The number of nitrogens with one attached hydrogen (secondary N) is 1. The Bertz CT molecular complexity index is 568. The number of fused-ring (bicyclic) bond motifs is 1. The Morgan fingerprint density at radius 2 is 2.19 bits per heavy atom. The highest BCUT2D eigenvalue weighted by Gasteiger charge is 2.34. The minimum absolute atomic E-state index is 0.261. The molecule has 1 saturated carbocycles. The molecule has 1 amide bonds. The van der Waals surface area contributed by atoms with Crippen molar-refractivity contribution in [3.8, 4) is 5.75 Å². The van der Waals surface area contributed by atoms with Crippen LogP contribution in [0.2, 0.25) is 0 Å². The van der Waals surface area contributed by atoms with Gasteiger partial charge in [-0.1, -0.05) is 6.07 Å². The highest BCUT2D eigenvalue weighted by molar-refractivity contribution is 5.81. The Hall–Kier alpha value is -1.71. The number of hydrogen-bond donors (Lipinski definition) is 1. The summed E-state index contributed by atoms with van der Waals surface area (Å²) in [6.45, 7) is 4.05. The molecular weight excluding hydrogens is 264 g/mol. The average Bonchev–Trinajstić information content (AvgIpc) is 3.10. The van der Waals surface area contributed by atoms with Gasteiger partial charge >= 0.3 is 0 Å². The average molecular weight is 286 g/mol. The second kappa shape index (κ2) is 4.93. The van der Waals surface area contributed by atoms with Crippen molar-refractivity contribution in [2.75, 3.05) is 18.0 Å². The van der Waals surface area contributed by atoms with Gasteiger partial charge in [-0.15, -0.1) is 0 Å². The number of nitrogens with zero attached hydrogens (tertiary/aromatic N) is 1. The van der Waals surface area contributed by atoms with E-state index in [4.69, 9.17) is 4.74 Å². The summed E-state index contributed by atoms with van der Waals surface area (Å²) in [6.07, 6.45) is 4.45. The number of benzene rings is 1. The lowest BCUT2D eigenvalue weighted by Gasteiger charge is -2.21. The van der Waals surface area contributed by atoms with Gasteiger partial charge in [0.05, 0.1) is 0 Å². The molecule has 2 atom stereocenters. The molecule has 1 aromatic carbocycles. The van der Waals surface area contributed by atoms with Crippen LogP contribution in [0.15, 0.2) is 18.2 Å². The summed E-state index contributed by atoms with van der Waals surface area (Å²) in [5.74, 6) is 1.59. The summed E-state index contributed by atoms with van der Waals surface area (Å²) >= 11 is 0. The molecule has 0 aromatic heterocycles. The molecule has 4 rings (SSSR count). The number of amides is 1. The van der Waals surface area contributed by atoms with Crippen molar-refractivity contribution in [3.05, 3.63) is 23.8 Å². The zero-order chi connectivity index (χ0) is 14.4. The molecule has 0 radical (unpaired) electrons. The van der Waals surface area contributed by atoms with Crippen molar-refractivity contribution in [1.29, 1.82) is 0 Å². The van der Waals surface area contributed by atoms with Crippen LogP contribution < -0.4 is 15.0 Å². The Labute approximate surface area is 125 Å². The lowest BCUT2D eigenvalue weighted by atomic mass is 10.1. The van der Waals surface area contributed by atoms with Crippen LogP contribution in [0.5, 0.6) is 5.75 Å². The number of carbonyl (C=O) groups excluding carboxylic acids is 1. The lowest BCUT2D eigenvalue weighted by Crippen LogP contribution is -2.38. The van der Waals surface area contributed by atoms with E-state index in [1.165, 1.54) is 11.3 Å². The van der Waals surface area contributed by atoms with Crippen molar-refractivity contribution < 1.29 is 9.53 Å². The highest BCUT2D eigenvalue weighted by atomic mass is 16.5. The number of anilines is 1. The zero-order valence-corrected chi connectivity index (χ0v) is 12.5. The van der Waals surface area contributed by atoms with Crippen LogP contribution in [-0.2, 0) is 11.2 Å². The Morgan fingerprint density at radius 3 is 3.00 bits per heavy atom. The minimum atomic E-state index is 0.261. The molecular formula is C17H22N2O2. The maximum Gasteiger partial charge on any atom is 0.223 e. The molecule has 21 heavy (non-hydrogen) atoms. The number of hydrogen-bond acceptors (Lipinski definition) is 3. The fourth-order valence-electron chi connectivity index (χ4n) is 3.47. The summed E-state index contributed by atoms with van der Waals surface area (Å²) in [5.41, 5.74) is 2.62. The maximum absolute atomic E-state index is 11.9. The van der Waals surface area contributed by atoms with Crippen molar-refractivity contribution in [2.24, 2.45) is 5.92 Å². The first-order chi connectivity index (χ1) is 10.2. The van der Waals surface area contributed by atoms with Gasteiger partial charge in [-0.25, -0.2) is 0 Å². The third-order valence-corrected chi connectivity index (χ3v) is 4.75. The lowest BCUT2D eigenvalue weighted by molar-refractivity contribution is -0.122. The van der Waals surface area contributed by atoms with Crippen LogP contribution in [0.25, 0.3) is 0 Å². The Morgan fingerprint density at radius 1 is 1.33 bits per heavy atom. The van der Waals surface area contributed by atoms with Gasteiger partial charge in [0.1, 0.15) is 11.9 Å². The van der Waals surface area contributed by atoms with Gasteiger partial charge in [0.15, 0.2) is 0 Å². The standard InChI is InChI=1S/C17H22N2O2/c1-11-9-14-15(3-2-4-16(14)21-11)19-8-7-13(10-19)18-17(20)12-5-6-12/h2-4,11-13H,5-10H2,1H3,(H,18,20)/t11?,13-/m0/s1. The summed E-state index contributed by atoms with van der Waals surface area (Å²) in [7, 11) is 0. The molecule has 1 aromatic rings. The molecule has 0 spiro atoms. The van der Waals surface area contributed by atoms with Crippen LogP contribution in [0, 0.1) is 5.92 Å². The van der Waals surface area contributed by atoms with Gasteiger partial charge in [-0.05, 0) is 38.3 Å². The zero-order valence-electron chi connectivity index (χ0n) is 12.5. The van der Waals surface area contributed by atoms with Crippen LogP contribution >= 0.6 is 0 Å². The number of ether oxygens (including phenoxy) is 1. The topological polar surface area (TPSA) is 41.6 Å². The van der Waals surface area contributed by atoms with Gasteiger partial charge < -0.3 is 15.0 Å². The van der Waals surface area contributed by atoms with Crippen LogP contribution in [0.3, 0.4) is 0 Å². The van der Waals surface area contributed by atoms with Crippen LogP contribution in [-0.4, -0.2) is 31.1 Å². The van der Waals surface area contributed by atoms with Crippen molar-refractivity contribution in [2.45, 2.75) is 44.8 Å². The van der Waals surface area contributed by atoms with Crippen molar-refractivity contribution in [3.63, 3.8) is 0 Å². The first-order valence-corrected chi connectivity index (χ1v) is 8.04. The van der Waals surface area contributed by atoms with E-state index in [2.05, 4.69) is 35.3 Å². The molecule has 1 unspecified atom stereocenters. The Balaban J connectivity index is 1.46. The first kappa shape index (κ1) is 13.0. The fourth-order valence-corrected chi connectivity index (χ4v) is 3.47. The summed E-state index contributed by atoms with van der Waals surface area (Å²) < 4.78 is 5.84. The van der Waals surface area contributed by atoms with E-state index in [1.54, 1.807) is 0 Å². The van der Waals surface area contributed by atoms with Crippen molar-refractivity contribution in [1.82, 2.24) is 5.32 Å². The van der Waals surface area contributed by atoms with Crippen LogP contribution in [0.4, 0.5) is 5.69 Å². The van der Waals surface area contributed by atoms with E-state index < -0.39 is 0 Å². The largest absolute Gasteiger partial charge is 0.490 e. The number of carbonyl (C=O) groups is 1. The predicted octanol–water partition coefficient (Wildman–Crippen LogP) is 2.11. The van der Waals surface area contributed by atoms with Crippen molar-refractivity contribution >= 4 is 11.6 Å². The molecule has 1 saturated heterocycles. The second-order valence-corrected chi connectivity index (χ2v) is 6.60. The second-order valence-electron chi connectivity index (χ2n) is 6.60. The minimum Gasteiger partial charge on any atom is -0.490 e. The normalized spacial score (nSPS) is 27.4. The van der Waals surface area contributed by atoms with E-state index in [-0.39, 0.29) is 12.0 Å². The third-order valence-electron chi connectivity index (χ3n) is 4.75. The van der Waals surface area contributed by atoms with Gasteiger partial charge in [0, 0.05) is 42.7 Å². The van der Waals surface area contributed by atoms with Gasteiger partial charge in [0.25, 0.3) is 0 Å². The van der Waals surface area contributed by atoms with E-state index in [1.807, 2.05) is 0 Å². The molecule has 0 bridgehead atoms. The molecule has 2 fully saturated rings. The molecule has 112 valence electrons. The SMILES string of the molecule is CC1Cc2c(cccc2N2CC[C@H](NC(=O)C3CC3)C2)O1. The Kier molecular flexibility index (Phi) is 3.05. The van der Waals surface area contributed by atoms with Gasteiger partial charge in [-0.3, -0.25) is 4.79 Å². The monoisotopic (exact) mass is 286 g/mol. The molecule has 1 N–H and O–H groups in total. The van der Waals surface area contributed by atoms with E-state index in [0.29, 0.717) is 12.0 Å². The van der Waals surface area contributed by atoms with E-state index >= 15 is 0 Å². The van der Waals surface area contributed by atoms with Crippen LogP contribution in [0.1, 0.15) is 31.7 Å². The summed E-state index contributed by atoms with van der Waals surface area (Å²) in [6, 6.07) is 6.62. The van der Waals surface area contributed by atoms with E-state index in [9.17, 15) is 4.79 Å². The van der Waals surface area contributed by atoms with Gasteiger partial charge in [0.2, 0.25) is 5.91 Å². The fraction of sp³-hybridized carbons (Fsp3) is 0.588. The molecule has 3 aliphatic rings. The molecule has 2 aliphatic heterocycles. The third kappa shape index (κ3) is 2.47. The summed E-state index contributed by atoms with van der Waals surface area (Å²) in [4.78, 5) is 14.3. The molecule has 2 heterocycles. The number of rotatable bonds is 3. The molecule has 4 nitrogen and oxygen atoms in total. The molecule has 4 heteroatoms. The highest BCUT2D eigenvalue weighted by Crippen LogP contribution is 2.37. The quantitative estimate of drug-likeness (QED) is 0.925. The molecule has 1 aliphatic carbocycles. The first-order valence-electron chi connectivity index (χ1n) is 8.04. The van der Waals surface area contributed by atoms with E-state index in [0.717, 1.165) is 44.5 Å². The van der Waals surface area contributed by atoms with Gasteiger partial charge in [-0.2, -0.15) is 0 Å².